The average molecular weight is 322 g/mol. The second-order valence-corrected chi connectivity index (χ2v) is 5.98. The maximum Gasteiger partial charge on any atom is 0.266 e. The highest BCUT2D eigenvalue weighted by Crippen LogP contribution is 2.22. The third-order valence-corrected chi connectivity index (χ3v) is 3.53. The Balaban J connectivity index is 2.91. The molecule has 10 heteroatoms. The monoisotopic (exact) mass is 322 g/mol. The smallest absolute Gasteiger partial charge is 0.266 e. The number of anilines is 2. The molecule has 122 valence electrons. The summed E-state index contributed by atoms with van der Waals surface area (Å²) in [4.78, 5) is 1.90. The van der Waals surface area contributed by atoms with Crippen LogP contribution in [0.25, 0.3) is 0 Å². The molecule has 0 saturated heterocycles. The van der Waals surface area contributed by atoms with E-state index in [1.165, 1.54) is 10.9 Å². The molecule has 0 aromatic carbocycles. The van der Waals surface area contributed by atoms with Gasteiger partial charge in [0.2, 0.25) is 0 Å². The van der Waals surface area contributed by atoms with E-state index in [0.29, 0.717) is 37.8 Å². The Morgan fingerprint density at radius 3 is 2.38 bits per heavy atom. The van der Waals surface area contributed by atoms with Gasteiger partial charge in [-0.15, -0.1) is 0 Å². The van der Waals surface area contributed by atoms with E-state index >= 15 is 0 Å². The highest BCUT2D eigenvalue weighted by Gasteiger charge is 2.17. The molecule has 9 nitrogen and oxygen atoms in total. The van der Waals surface area contributed by atoms with Crippen molar-refractivity contribution < 1.29 is 22.4 Å². The van der Waals surface area contributed by atoms with Gasteiger partial charge in [-0.3, -0.25) is 4.55 Å². The molecule has 0 radical (unpaired) electrons. The maximum atomic E-state index is 10.9. The van der Waals surface area contributed by atoms with Gasteiger partial charge in [-0.05, 0) is 0 Å². The number of aryl methyl sites for hydroxylation is 1. The van der Waals surface area contributed by atoms with Gasteiger partial charge >= 0.3 is 0 Å². The van der Waals surface area contributed by atoms with Crippen molar-refractivity contribution in [3.63, 3.8) is 0 Å². The first-order chi connectivity index (χ1) is 9.89. The molecule has 0 aliphatic heterocycles. The molecule has 0 saturated carbocycles. The summed E-state index contributed by atoms with van der Waals surface area (Å²) >= 11 is 0. The van der Waals surface area contributed by atoms with Crippen molar-refractivity contribution in [2.75, 3.05) is 56.9 Å². The van der Waals surface area contributed by atoms with E-state index in [-0.39, 0.29) is 6.54 Å². The lowest BCUT2D eigenvalue weighted by molar-refractivity contribution is 0.189. The van der Waals surface area contributed by atoms with Crippen molar-refractivity contribution in [3.05, 3.63) is 6.20 Å². The van der Waals surface area contributed by atoms with E-state index in [2.05, 4.69) is 5.10 Å². The number of hydrogen-bond donors (Lipinski definition) is 2. The molecule has 0 fully saturated rings. The van der Waals surface area contributed by atoms with E-state index in [1.54, 1.807) is 14.2 Å². The predicted octanol–water partition coefficient (Wildman–Crippen LogP) is -0.548. The number of nitrogens with two attached hydrogens (primary N) is 1. The topological polar surface area (TPSA) is 120 Å². The molecule has 0 unspecified atom stereocenters. The first-order valence-electron chi connectivity index (χ1n) is 6.38. The first kappa shape index (κ1) is 17.7. The highest BCUT2D eigenvalue weighted by atomic mass is 32.2. The molecular weight excluding hydrogens is 300 g/mol. The molecule has 21 heavy (non-hydrogen) atoms. The largest absolute Gasteiger partial charge is 0.394 e. The Bertz CT molecular complexity index is 523. The zero-order valence-corrected chi connectivity index (χ0v) is 13.0. The van der Waals surface area contributed by atoms with Gasteiger partial charge < -0.3 is 20.1 Å². The van der Waals surface area contributed by atoms with Gasteiger partial charge in [0, 0.05) is 27.3 Å². The minimum Gasteiger partial charge on any atom is -0.394 e. The van der Waals surface area contributed by atoms with Gasteiger partial charge in [-0.1, -0.05) is 0 Å². The summed E-state index contributed by atoms with van der Waals surface area (Å²) in [5, 5.41) is 4.05. The van der Waals surface area contributed by atoms with Crippen LogP contribution in [0.5, 0.6) is 0 Å². The van der Waals surface area contributed by atoms with Crippen LogP contribution >= 0.6 is 0 Å². The third kappa shape index (κ3) is 5.87. The third-order valence-electron chi connectivity index (χ3n) is 2.83. The Labute approximate surface area is 124 Å². The SMILES string of the molecule is COCCN(CCOC)c1c(N)cnn1CCS(=O)(=O)O. The zero-order chi connectivity index (χ0) is 15.9. The lowest BCUT2D eigenvalue weighted by Crippen LogP contribution is -2.33. The quantitative estimate of drug-likeness (QED) is 0.551. The zero-order valence-electron chi connectivity index (χ0n) is 12.2. The fourth-order valence-electron chi connectivity index (χ4n) is 1.83. The summed E-state index contributed by atoms with van der Waals surface area (Å²) in [6.45, 7) is 2.09. The minimum absolute atomic E-state index is 0.0157. The number of hydrogen-bond acceptors (Lipinski definition) is 7. The summed E-state index contributed by atoms with van der Waals surface area (Å²) in [5.41, 5.74) is 6.33. The van der Waals surface area contributed by atoms with Crippen LogP contribution in [0.1, 0.15) is 0 Å². The Morgan fingerprint density at radius 2 is 1.90 bits per heavy atom. The maximum absolute atomic E-state index is 10.9. The molecule has 1 aromatic rings. The van der Waals surface area contributed by atoms with E-state index in [4.69, 9.17) is 19.8 Å². The fraction of sp³-hybridized carbons (Fsp3) is 0.727. The number of methoxy groups -OCH3 is 2. The Hall–Kier alpha value is -1.36. The minimum atomic E-state index is -4.06. The second kappa shape index (κ2) is 8.17. The molecular formula is C11H22N4O5S. The van der Waals surface area contributed by atoms with Crippen LogP contribution in [0.3, 0.4) is 0 Å². The Morgan fingerprint density at radius 1 is 1.33 bits per heavy atom. The number of rotatable bonds is 10. The van der Waals surface area contributed by atoms with Gasteiger partial charge in [0.15, 0.2) is 5.82 Å². The summed E-state index contributed by atoms with van der Waals surface area (Å²) in [5.74, 6) is 0.163. The average Bonchev–Trinajstić information content (AvgIpc) is 2.77. The molecule has 0 aliphatic rings. The predicted molar refractivity (Wildman–Crippen MR) is 79.0 cm³/mol. The summed E-state index contributed by atoms with van der Waals surface area (Å²) in [7, 11) is -0.877. The molecule has 1 heterocycles. The van der Waals surface area contributed by atoms with E-state index in [0.717, 1.165) is 0 Å². The van der Waals surface area contributed by atoms with Gasteiger partial charge in [0.25, 0.3) is 10.1 Å². The normalized spacial score (nSPS) is 11.8. The van der Waals surface area contributed by atoms with Crippen molar-refractivity contribution in [2.45, 2.75) is 6.54 Å². The first-order valence-corrected chi connectivity index (χ1v) is 7.99. The standard InChI is InChI=1S/C11H22N4O5S/c1-19-6-3-14(4-7-20-2)11-10(12)9-13-15(11)5-8-21(16,17)18/h9H,3-8,12H2,1-2H3,(H,16,17,18). The summed E-state index contributed by atoms with van der Waals surface area (Å²) < 4.78 is 42.1. The van der Waals surface area contributed by atoms with Crippen LogP contribution in [-0.2, 0) is 26.1 Å². The van der Waals surface area contributed by atoms with Crippen molar-refractivity contribution >= 4 is 21.6 Å². The van der Waals surface area contributed by atoms with Gasteiger partial charge in [-0.2, -0.15) is 13.5 Å². The Kier molecular flexibility index (Phi) is 6.89. The molecule has 0 spiro atoms. The lowest BCUT2D eigenvalue weighted by Gasteiger charge is -2.25. The van der Waals surface area contributed by atoms with Gasteiger partial charge in [-0.25, -0.2) is 4.68 Å². The van der Waals surface area contributed by atoms with Gasteiger partial charge in [0.1, 0.15) is 0 Å². The molecule has 0 bridgehead atoms. The fourth-order valence-corrected chi connectivity index (χ4v) is 2.23. The molecule has 0 atom stereocenters. The number of ether oxygens (including phenoxy) is 2. The van der Waals surface area contributed by atoms with Crippen molar-refractivity contribution in [1.29, 1.82) is 0 Å². The van der Waals surface area contributed by atoms with Crippen LogP contribution < -0.4 is 10.6 Å². The lowest BCUT2D eigenvalue weighted by atomic mass is 10.4. The van der Waals surface area contributed by atoms with Crippen LogP contribution in [0, 0.1) is 0 Å². The van der Waals surface area contributed by atoms with Crippen molar-refractivity contribution in [1.82, 2.24) is 9.78 Å². The molecule has 0 amide bonds. The number of nitrogen functional groups attached to an aromatic ring is 1. The van der Waals surface area contributed by atoms with Crippen LogP contribution in [0.15, 0.2) is 6.20 Å². The molecule has 0 aliphatic carbocycles. The molecule has 1 aromatic heterocycles. The second-order valence-electron chi connectivity index (χ2n) is 4.41. The van der Waals surface area contributed by atoms with Gasteiger partial charge in [0.05, 0.1) is 37.4 Å². The number of nitrogens with zero attached hydrogens (tertiary/aromatic N) is 3. The number of aromatic nitrogens is 2. The van der Waals surface area contributed by atoms with E-state index < -0.39 is 15.9 Å². The van der Waals surface area contributed by atoms with Crippen LogP contribution in [0.4, 0.5) is 11.5 Å². The molecule has 3 N–H and O–H groups in total. The van der Waals surface area contributed by atoms with Crippen LogP contribution in [0.2, 0.25) is 0 Å². The highest BCUT2D eigenvalue weighted by molar-refractivity contribution is 7.85. The summed E-state index contributed by atoms with van der Waals surface area (Å²) in [6.07, 6.45) is 1.45. The van der Waals surface area contributed by atoms with Crippen molar-refractivity contribution in [2.24, 2.45) is 0 Å². The van der Waals surface area contributed by atoms with Crippen molar-refractivity contribution in [3.8, 4) is 0 Å². The van der Waals surface area contributed by atoms with E-state index in [9.17, 15) is 8.42 Å². The summed E-state index contributed by atoms with van der Waals surface area (Å²) in [6, 6.07) is 0. The molecule has 1 rings (SSSR count). The van der Waals surface area contributed by atoms with Crippen LogP contribution in [-0.4, -0.2) is 69.0 Å². The van der Waals surface area contributed by atoms with E-state index in [1.807, 2.05) is 4.90 Å².